The second-order valence-electron chi connectivity index (χ2n) is 4.11. The van der Waals surface area contributed by atoms with Crippen LogP contribution in [-0.2, 0) is 4.74 Å². The number of nitro groups is 1. The molecule has 6 nitrogen and oxygen atoms in total. The number of ether oxygens (including phenoxy) is 1. The molecule has 0 saturated carbocycles. The van der Waals surface area contributed by atoms with Crippen LogP contribution in [-0.4, -0.2) is 36.6 Å². The summed E-state index contributed by atoms with van der Waals surface area (Å²) in [6.07, 6.45) is 4.00. The molecular formula is C13H18N2O4S. The molecule has 110 valence electrons. The molecule has 0 aromatic heterocycles. The van der Waals surface area contributed by atoms with E-state index in [-0.39, 0.29) is 5.69 Å². The Morgan fingerprint density at radius 2 is 2.20 bits per heavy atom. The lowest BCUT2D eigenvalue weighted by molar-refractivity contribution is -0.384. The van der Waals surface area contributed by atoms with Gasteiger partial charge >= 0.3 is 5.97 Å². The third-order valence-electron chi connectivity index (χ3n) is 2.71. The number of carbonyl (C=O) groups excluding carboxylic acids is 1. The summed E-state index contributed by atoms with van der Waals surface area (Å²) >= 11 is 1.77. The van der Waals surface area contributed by atoms with Gasteiger partial charge in [0.1, 0.15) is 5.69 Å². The van der Waals surface area contributed by atoms with Gasteiger partial charge in [-0.15, -0.1) is 0 Å². The molecule has 20 heavy (non-hydrogen) atoms. The molecule has 1 aromatic carbocycles. The molecule has 0 radical (unpaired) electrons. The molecule has 1 aromatic rings. The van der Waals surface area contributed by atoms with Gasteiger partial charge in [0.15, 0.2) is 0 Å². The van der Waals surface area contributed by atoms with Crippen molar-refractivity contribution in [1.29, 1.82) is 0 Å². The lowest BCUT2D eigenvalue weighted by Gasteiger charge is -2.08. The van der Waals surface area contributed by atoms with Crippen molar-refractivity contribution in [3.05, 3.63) is 33.9 Å². The number of nitrogens with one attached hydrogen (secondary N) is 1. The highest BCUT2D eigenvalue weighted by Crippen LogP contribution is 2.25. The van der Waals surface area contributed by atoms with Crippen molar-refractivity contribution in [3.8, 4) is 0 Å². The number of thioether (sulfide) groups is 1. The van der Waals surface area contributed by atoms with Crippen LogP contribution in [0.3, 0.4) is 0 Å². The second kappa shape index (κ2) is 8.42. The van der Waals surface area contributed by atoms with Crippen LogP contribution in [0.5, 0.6) is 0 Å². The predicted molar refractivity (Wildman–Crippen MR) is 80.5 cm³/mol. The molecule has 0 unspecified atom stereocenters. The van der Waals surface area contributed by atoms with Crippen molar-refractivity contribution < 1.29 is 14.5 Å². The van der Waals surface area contributed by atoms with E-state index in [0.717, 1.165) is 18.6 Å². The maximum absolute atomic E-state index is 11.4. The molecule has 0 heterocycles. The number of nitro benzene ring substituents is 1. The fourth-order valence-electron chi connectivity index (χ4n) is 1.68. The Balaban J connectivity index is 2.78. The van der Waals surface area contributed by atoms with Crippen LogP contribution < -0.4 is 5.32 Å². The summed E-state index contributed by atoms with van der Waals surface area (Å²) in [6.45, 7) is 0.631. The average molecular weight is 298 g/mol. The normalized spacial score (nSPS) is 10.1. The number of carbonyl (C=O) groups is 1. The van der Waals surface area contributed by atoms with Gasteiger partial charge < -0.3 is 10.1 Å². The van der Waals surface area contributed by atoms with Crippen LogP contribution in [0.15, 0.2) is 18.2 Å². The number of methoxy groups -OCH3 is 1. The summed E-state index contributed by atoms with van der Waals surface area (Å²) in [5.41, 5.74) is 0.606. The van der Waals surface area contributed by atoms with Gasteiger partial charge in [-0.25, -0.2) is 4.79 Å². The minimum absolute atomic E-state index is 0.0393. The number of rotatable bonds is 8. The van der Waals surface area contributed by atoms with Gasteiger partial charge in [0.25, 0.3) is 5.69 Å². The SMILES string of the molecule is COC(=O)c1ccc([N+](=O)[O-])c(NCCCCSC)c1. The van der Waals surface area contributed by atoms with E-state index in [2.05, 4.69) is 10.1 Å². The summed E-state index contributed by atoms with van der Waals surface area (Å²) in [7, 11) is 1.28. The van der Waals surface area contributed by atoms with Crippen molar-refractivity contribution in [3.63, 3.8) is 0 Å². The van der Waals surface area contributed by atoms with Gasteiger partial charge in [0, 0.05) is 12.6 Å². The highest BCUT2D eigenvalue weighted by atomic mass is 32.2. The van der Waals surface area contributed by atoms with Gasteiger partial charge in [0.2, 0.25) is 0 Å². The van der Waals surface area contributed by atoms with E-state index in [0.29, 0.717) is 17.8 Å². The largest absolute Gasteiger partial charge is 0.465 e. The minimum Gasteiger partial charge on any atom is -0.465 e. The van der Waals surface area contributed by atoms with Crippen LogP contribution in [0.4, 0.5) is 11.4 Å². The number of unbranched alkanes of at least 4 members (excludes halogenated alkanes) is 1. The molecule has 1 N–H and O–H groups in total. The summed E-state index contributed by atoms with van der Waals surface area (Å²) in [4.78, 5) is 21.9. The maximum atomic E-state index is 11.4. The summed E-state index contributed by atoms with van der Waals surface area (Å²) < 4.78 is 4.61. The Kier molecular flexibility index (Phi) is 6.86. The number of anilines is 1. The zero-order valence-corrected chi connectivity index (χ0v) is 12.4. The van der Waals surface area contributed by atoms with Crippen LogP contribution in [0.1, 0.15) is 23.2 Å². The van der Waals surface area contributed by atoms with E-state index < -0.39 is 10.9 Å². The van der Waals surface area contributed by atoms with E-state index in [4.69, 9.17) is 0 Å². The predicted octanol–water partition coefficient (Wildman–Crippen LogP) is 2.94. The molecule has 0 amide bonds. The first kappa shape index (κ1) is 16.3. The highest BCUT2D eigenvalue weighted by Gasteiger charge is 2.16. The van der Waals surface area contributed by atoms with Crippen LogP contribution >= 0.6 is 11.8 Å². The molecule has 0 aliphatic rings. The summed E-state index contributed by atoms with van der Waals surface area (Å²) in [6, 6.07) is 4.16. The molecule has 0 aliphatic heterocycles. The fourth-order valence-corrected chi connectivity index (χ4v) is 2.17. The van der Waals surface area contributed by atoms with Crippen molar-refractivity contribution >= 4 is 29.1 Å². The summed E-state index contributed by atoms with van der Waals surface area (Å²) in [5, 5.41) is 14.0. The average Bonchev–Trinajstić information content (AvgIpc) is 2.45. The third kappa shape index (κ3) is 4.73. The van der Waals surface area contributed by atoms with Crippen LogP contribution in [0, 0.1) is 10.1 Å². The summed E-state index contributed by atoms with van der Waals surface area (Å²) in [5.74, 6) is 0.553. The van der Waals surface area contributed by atoms with E-state index in [9.17, 15) is 14.9 Å². The number of benzene rings is 1. The Bertz CT molecular complexity index is 479. The highest BCUT2D eigenvalue weighted by molar-refractivity contribution is 7.98. The van der Waals surface area contributed by atoms with Crippen molar-refractivity contribution in [2.45, 2.75) is 12.8 Å². The minimum atomic E-state index is -0.509. The molecule has 0 saturated heterocycles. The van der Waals surface area contributed by atoms with Crippen molar-refractivity contribution in [2.75, 3.05) is 31.0 Å². The topological polar surface area (TPSA) is 81.5 Å². The van der Waals surface area contributed by atoms with Crippen molar-refractivity contribution in [2.24, 2.45) is 0 Å². The monoisotopic (exact) mass is 298 g/mol. The number of hydrogen-bond donors (Lipinski definition) is 1. The van der Waals surface area contributed by atoms with Gasteiger partial charge in [-0.3, -0.25) is 10.1 Å². The van der Waals surface area contributed by atoms with E-state index in [1.54, 1.807) is 11.8 Å². The first-order chi connectivity index (χ1) is 9.60. The molecule has 0 aliphatic carbocycles. The number of esters is 1. The lowest BCUT2D eigenvalue weighted by Crippen LogP contribution is -2.07. The Morgan fingerprint density at radius 3 is 2.80 bits per heavy atom. The fraction of sp³-hybridized carbons (Fsp3) is 0.462. The zero-order chi connectivity index (χ0) is 15.0. The van der Waals surface area contributed by atoms with E-state index >= 15 is 0 Å². The Hall–Kier alpha value is -1.76. The molecule has 1 rings (SSSR count). The van der Waals surface area contributed by atoms with Gasteiger partial charge in [-0.1, -0.05) is 0 Å². The second-order valence-corrected chi connectivity index (χ2v) is 5.09. The van der Waals surface area contributed by atoms with Crippen LogP contribution in [0.25, 0.3) is 0 Å². The van der Waals surface area contributed by atoms with Gasteiger partial charge in [-0.2, -0.15) is 11.8 Å². The first-order valence-corrected chi connectivity index (χ1v) is 7.59. The standard InChI is InChI=1S/C13H18N2O4S/c1-19-13(16)10-5-6-12(15(17)18)11(9-10)14-7-3-4-8-20-2/h5-6,9,14H,3-4,7-8H2,1-2H3. The molecule has 0 spiro atoms. The zero-order valence-electron chi connectivity index (χ0n) is 11.5. The molecule has 0 fully saturated rings. The molecular weight excluding hydrogens is 280 g/mol. The molecule has 7 heteroatoms. The van der Waals surface area contributed by atoms with Crippen LogP contribution in [0.2, 0.25) is 0 Å². The number of nitrogens with zero attached hydrogens (tertiary/aromatic N) is 1. The third-order valence-corrected chi connectivity index (χ3v) is 3.40. The Morgan fingerprint density at radius 1 is 1.45 bits per heavy atom. The smallest absolute Gasteiger partial charge is 0.337 e. The lowest BCUT2D eigenvalue weighted by atomic mass is 10.1. The van der Waals surface area contributed by atoms with E-state index in [1.165, 1.54) is 25.3 Å². The number of hydrogen-bond acceptors (Lipinski definition) is 6. The Labute approximate surface area is 122 Å². The van der Waals surface area contributed by atoms with Gasteiger partial charge in [0.05, 0.1) is 17.6 Å². The molecule has 0 atom stereocenters. The van der Waals surface area contributed by atoms with Crippen molar-refractivity contribution in [1.82, 2.24) is 0 Å². The van der Waals surface area contributed by atoms with E-state index in [1.807, 2.05) is 6.26 Å². The molecule has 0 bridgehead atoms. The maximum Gasteiger partial charge on any atom is 0.337 e. The first-order valence-electron chi connectivity index (χ1n) is 6.19. The quantitative estimate of drug-likeness (QED) is 0.344. The van der Waals surface area contributed by atoms with Gasteiger partial charge in [-0.05, 0) is 37.0 Å².